The van der Waals surface area contributed by atoms with Gasteiger partial charge < -0.3 is 20.9 Å². The average Bonchev–Trinajstić information content (AvgIpc) is 3.37. The number of nitrogens with zero attached hydrogens (tertiary/aromatic N) is 3. The van der Waals surface area contributed by atoms with Crippen molar-refractivity contribution < 1.29 is 14.1 Å². The Morgan fingerprint density at radius 1 is 1.09 bits per heavy atom. The van der Waals surface area contributed by atoms with Crippen LogP contribution in [0.25, 0.3) is 0 Å². The molecule has 1 aromatic carbocycles. The van der Waals surface area contributed by atoms with Crippen molar-refractivity contribution in [2.45, 2.75) is 25.3 Å². The van der Waals surface area contributed by atoms with Gasteiger partial charge in [0.1, 0.15) is 24.1 Å². The number of nitrogens with one attached hydrogen (secondary N) is 3. The van der Waals surface area contributed by atoms with Crippen LogP contribution in [0.3, 0.4) is 0 Å². The largest absolute Gasteiger partial charge is 0.369 e. The molecule has 0 spiro atoms. The van der Waals surface area contributed by atoms with Gasteiger partial charge in [-0.2, -0.15) is 0 Å². The van der Waals surface area contributed by atoms with E-state index in [4.69, 9.17) is 4.99 Å². The van der Waals surface area contributed by atoms with Crippen molar-refractivity contribution in [1.82, 2.24) is 20.9 Å². The second kappa shape index (κ2) is 8.61. The van der Waals surface area contributed by atoms with Crippen LogP contribution in [0.5, 0.6) is 0 Å². The number of rotatable bonds is 2. The van der Waals surface area contributed by atoms with Crippen molar-refractivity contribution >= 4 is 42.8 Å². The van der Waals surface area contributed by atoms with Gasteiger partial charge in [0.25, 0.3) is 5.82 Å². The first-order valence-electron chi connectivity index (χ1n) is 10.9. The lowest BCUT2D eigenvalue weighted by Gasteiger charge is -2.42. The van der Waals surface area contributed by atoms with E-state index in [1.807, 2.05) is 37.4 Å². The van der Waals surface area contributed by atoms with Crippen LogP contribution in [0.1, 0.15) is 24.8 Å². The van der Waals surface area contributed by atoms with Crippen molar-refractivity contribution in [2.75, 3.05) is 20.1 Å². The number of hydrogen-bond acceptors (Lipinski definition) is 5. The maximum absolute atomic E-state index is 12.9. The number of amides is 2. The molecule has 0 saturated carbocycles. The Balaban J connectivity index is 0.00000137. The zero-order valence-corrected chi connectivity index (χ0v) is 20.5. The molecule has 0 bridgehead atoms. The number of halogens is 2. The summed E-state index contributed by atoms with van der Waals surface area (Å²) in [5, 5.41) is 9.39. The SMILES string of the molecule is CC1C(=O)NC2=C(C(c3ccccc3)CN2)N1C1=C2N=CC[N+]2(C)C(=C2CC(=O)N2)C=C1.Cl.Cl. The molecule has 1 saturated heterocycles. The van der Waals surface area contributed by atoms with E-state index in [1.165, 1.54) is 5.56 Å². The standard InChI is InChI=1S/C24H24N6O2.2ClH/c1-14-24(32)28-22-21(16(13-26-22)15-6-4-3-5-7-15)29(14)18-8-9-19(17-12-20(31)27-17)30(2)11-10-25-23(18)30;;/h3-10,14,16,26H,11-13H2,1-2H3,(H-,27,28,31,32);2*1H/p+1. The highest BCUT2D eigenvalue weighted by Gasteiger charge is 2.48. The number of β-lactam (4-membered cyclic amide) rings is 1. The molecule has 8 nitrogen and oxygen atoms in total. The number of likely N-dealkylation sites (N-methyl/N-ethyl adjacent to an activating group) is 1. The van der Waals surface area contributed by atoms with Gasteiger partial charge in [0.05, 0.1) is 31.1 Å². The van der Waals surface area contributed by atoms with E-state index in [0.717, 1.165) is 41.0 Å². The number of hydrogen-bond donors (Lipinski definition) is 3. The van der Waals surface area contributed by atoms with E-state index in [0.29, 0.717) is 17.4 Å². The highest BCUT2D eigenvalue weighted by atomic mass is 35.5. The summed E-state index contributed by atoms with van der Waals surface area (Å²) < 4.78 is 0.484. The molecule has 34 heavy (non-hydrogen) atoms. The predicted octanol–water partition coefficient (Wildman–Crippen LogP) is 2.21. The predicted molar refractivity (Wildman–Crippen MR) is 134 cm³/mol. The van der Waals surface area contributed by atoms with E-state index in [9.17, 15) is 9.59 Å². The third-order valence-corrected chi connectivity index (χ3v) is 7.03. The molecule has 10 heteroatoms. The van der Waals surface area contributed by atoms with E-state index in [2.05, 4.69) is 46.1 Å². The topological polar surface area (TPSA) is 85.8 Å². The Kier molecular flexibility index (Phi) is 6.10. The van der Waals surface area contributed by atoms with Crippen LogP contribution in [0.4, 0.5) is 0 Å². The summed E-state index contributed by atoms with van der Waals surface area (Å²) in [5.41, 5.74) is 5.20. The summed E-state index contributed by atoms with van der Waals surface area (Å²) in [5.74, 6) is 1.78. The summed E-state index contributed by atoms with van der Waals surface area (Å²) in [6, 6.07) is 9.99. The summed E-state index contributed by atoms with van der Waals surface area (Å²) in [6.07, 6.45) is 6.47. The monoisotopic (exact) mass is 501 g/mol. The molecule has 0 radical (unpaired) electrons. The smallest absolute Gasteiger partial charge is 0.256 e. The zero-order chi connectivity index (χ0) is 22.0. The van der Waals surface area contributed by atoms with Crippen LogP contribution in [-0.4, -0.2) is 53.6 Å². The molecule has 6 rings (SSSR count). The summed E-state index contributed by atoms with van der Waals surface area (Å²) >= 11 is 0. The summed E-state index contributed by atoms with van der Waals surface area (Å²) in [6.45, 7) is 3.36. The van der Waals surface area contributed by atoms with Gasteiger partial charge in [-0.05, 0) is 18.6 Å². The maximum Gasteiger partial charge on any atom is 0.256 e. The number of carbonyl (C=O) groups excluding carboxylic acids is 2. The zero-order valence-electron chi connectivity index (χ0n) is 18.9. The molecular weight excluding hydrogens is 475 g/mol. The van der Waals surface area contributed by atoms with Gasteiger partial charge in [0.15, 0.2) is 5.70 Å². The molecule has 3 atom stereocenters. The minimum absolute atomic E-state index is 0. The third kappa shape index (κ3) is 3.36. The van der Waals surface area contributed by atoms with E-state index in [-0.39, 0.29) is 48.6 Å². The maximum atomic E-state index is 12.9. The van der Waals surface area contributed by atoms with Crippen LogP contribution < -0.4 is 16.0 Å². The Morgan fingerprint density at radius 3 is 2.53 bits per heavy atom. The molecule has 0 aromatic heterocycles. The number of allylic oxidation sites excluding steroid dienone is 2. The average molecular weight is 502 g/mol. The first-order valence-corrected chi connectivity index (χ1v) is 10.9. The molecule has 5 aliphatic heterocycles. The van der Waals surface area contributed by atoms with Gasteiger partial charge in [-0.1, -0.05) is 30.3 Å². The Labute approximate surface area is 210 Å². The molecule has 5 aliphatic rings. The second-order valence-corrected chi connectivity index (χ2v) is 8.96. The third-order valence-electron chi connectivity index (χ3n) is 7.03. The Bertz CT molecular complexity index is 1210. The molecule has 1 fully saturated rings. The molecule has 0 aliphatic carbocycles. The highest BCUT2D eigenvalue weighted by molar-refractivity contribution is 5.88. The number of quaternary nitrogens is 1. The van der Waals surface area contributed by atoms with Crippen molar-refractivity contribution in [3.05, 3.63) is 82.5 Å². The number of benzene rings is 1. The molecule has 3 N–H and O–H groups in total. The van der Waals surface area contributed by atoms with Gasteiger partial charge in [0.2, 0.25) is 11.8 Å². The molecule has 178 valence electrons. The van der Waals surface area contributed by atoms with E-state index < -0.39 is 0 Å². The second-order valence-electron chi connectivity index (χ2n) is 8.96. The molecule has 1 aromatic rings. The molecule has 5 heterocycles. The van der Waals surface area contributed by atoms with Crippen molar-refractivity contribution in [1.29, 1.82) is 0 Å². The minimum Gasteiger partial charge on any atom is -0.369 e. The van der Waals surface area contributed by atoms with Gasteiger partial charge in [-0.25, -0.2) is 9.48 Å². The minimum atomic E-state index is -0.381. The van der Waals surface area contributed by atoms with Crippen molar-refractivity contribution in [2.24, 2.45) is 4.99 Å². The van der Waals surface area contributed by atoms with Crippen LogP contribution in [0.15, 0.2) is 81.9 Å². The Hall–Kier alpha value is -3.07. The van der Waals surface area contributed by atoms with Gasteiger partial charge in [-0.15, -0.1) is 24.8 Å². The lowest BCUT2D eigenvalue weighted by atomic mass is 9.94. The summed E-state index contributed by atoms with van der Waals surface area (Å²) in [4.78, 5) is 31.4. The first-order chi connectivity index (χ1) is 15.5. The number of aliphatic imine (C=N–C) groups is 1. The normalized spacial score (nSPS) is 31.1. The lowest BCUT2D eigenvalue weighted by Crippen LogP contribution is -2.53. The van der Waals surface area contributed by atoms with Gasteiger partial charge in [-0.3, -0.25) is 9.59 Å². The molecule has 2 amide bonds. The van der Waals surface area contributed by atoms with Crippen LogP contribution in [-0.2, 0) is 9.59 Å². The van der Waals surface area contributed by atoms with Crippen LogP contribution >= 0.6 is 24.8 Å². The Morgan fingerprint density at radius 2 is 1.82 bits per heavy atom. The molecule has 3 unspecified atom stereocenters. The summed E-state index contributed by atoms with van der Waals surface area (Å²) in [7, 11) is 2.12. The van der Waals surface area contributed by atoms with Gasteiger partial charge in [0, 0.05) is 18.5 Å². The fourth-order valence-electron chi connectivity index (χ4n) is 5.30. The number of fused-ring (bicyclic) bond motifs is 1. The lowest BCUT2D eigenvalue weighted by molar-refractivity contribution is -0.819. The van der Waals surface area contributed by atoms with Crippen molar-refractivity contribution in [3.63, 3.8) is 0 Å². The van der Waals surface area contributed by atoms with E-state index in [1.54, 1.807) is 0 Å². The quantitative estimate of drug-likeness (QED) is 0.428. The molecular formula is C24H27Cl2N6O2+. The fraction of sp³-hybridized carbons (Fsp3) is 0.292. The first kappa shape index (κ1) is 24.1. The van der Waals surface area contributed by atoms with Crippen molar-refractivity contribution in [3.8, 4) is 0 Å². The van der Waals surface area contributed by atoms with Crippen LogP contribution in [0, 0.1) is 0 Å². The number of carbonyl (C=O) groups is 2. The highest BCUT2D eigenvalue weighted by Crippen LogP contribution is 2.44. The van der Waals surface area contributed by atoms with Crippen LogP contribution in [0.2, 0.25) is 0 Å². The van der Waals surface area contributed by atoms with E-state index >= 15 is 0 Å². The fourth-order valence-corrected chi connectivity index (χ4v) is 5.30. The van der Waals surface area contributed by atoms with Gasteiger partial charge >= 0.3 is 0 Å².